The number of thiophene rings is 1. The van der Waals surface area contributed by atoms with Crippen LogP contribution >= 0.6 is 22.9 Å². The highest BCUT2D eigenvalue weighted by molar-refractivity contribution is 7.13. The number of hydrogen-bond acceptors (Lipinski definition) is 9. The quantitative estimate of drug-likeness (QED) is 0.0901. The number of unbranched alkanes of at least 4 members (excludes halogenated alkanes) is 5. The number of carbonyl (C=O) groups excluding carboxylic acids is 5. The Balaban J connectivity index is 0.897. The van der Waals surface area contributed by atoms with Crippen LogP contribution in [0.15, 0.2) is 47.8 Å². The van der Waals surface area contributed by atoms with Gasteiger partial charge in [-0.2, -0.15) is 13.9 Å². The topological polar surface area (TPSA) is 155 Å². The van der Waals surface area contributed by atoms with Crippen LogP contribution in [0.4, 0.5) is 14.5 Å². The van der Waals surface area contributed by atoms with Crippen LogP contribution < -0.4 is 16.0 Å². The lowest BCUT2D eigenvalue weighted by Gasteiger charge is -2.27. The first-order valence-electron chi connectivity index (χ1n) is 15.9. The van der Waals surface area contributed by atoms with Crippen LogP contribution in [0.3, 0.4) is 0 Å². The number of nitrogens with one attached hydrogen (secondary N) is 3. The molecule has 256 valence electrons. The van der Waals surface area contributed by atoms with Gasteiger partial charge in [-0.25, -0.2) is 9.50 Å². The van der Waals surface area contributed by atoms with Crippen LogP contribution in [0.5, 0.6) is 0 Å². The molecule has 6 rings (SSSR count). The molecule has 3 aromatic heterocycles. The van der Waals surface area contributed by atoms with E-state index in [0.717, 1.165) is 47.9 Å². The van der Waals surface area contributed by atoms with Gasteiger partial charge < -0.3 is 10.6 Å². The molecule has 3 N–H and O–H groups in total. The standard InChI is InChI=1S/C33H32ClF2N7O5S/c34-33(35,36)26-17-22(25-8-7-15-49-25)39-27-18-23(41-43(26)27)29(45)38-14-6-4-2-1-3-5-13-37-19-9-10-20-21(16-19)32(48)42(31(20)47)24-11-12-28(44)40-30(24)46/h7-10,15-18,24,37H,1-6,11-14H2,(H,38,45)(H,40,44,46). The van der Waals surface area contributed by atoms with E-state index in [4.69, 9.17) is 11.6 Å². The fourth-order valence-electron chi connectivity index (χ4n) is 5.90. The Hall–Kier alpha value is -4.76. The lowest BCUT2D eigenvalue weighted by Crippen LogP contribution is -2.54. The molecule has 1 aromatic carbocycles. The third-order valence-corrected chi connectivity index (χ3v) is 9.47. The van der Waals surface area contributed by atoms with Gasteiger partial charge >= 0.3 is 5.38 Å². The summed E-state index contributed by atoms with van der Waals surface area (Å²) in [5.41, 5.74) is 0.966. The summed E-state index contributed by atoms with van der Waals surface area (Å²) >= 11 is 6.70. The van der Waals surface area contributed by atoms with E-state index in [0.29, 0.717) is 29.3 Å². The van der Waals surface area contributed by atoms with Crippen LogP contribution in [0.1, 0.15) is 88.3 Å². The first-order valence-corrected chi connectivity index (χ1v) is 17.2. The number of amides is 5. The predicted molar refractivity (Wildman–Crippen MR) is 178 cm³/mol. The summed E-state index contributed by atoms with van der Waals surface area (Å²) in [5, 5.41) is 10.4. The summed E-state index contributed by atoms with van der Waals surface area (Å²) in [4.78, 5) is 68.3. The molecule has 1 unspecified atom stereocenters. The summed E-state index contributed by atoms with van der Waals surface area (Å²) in [6, 6.07) is 10.0. The van der Waals surface area contributed by atoms with Crippen molar-refractivity contribution in [1.29, 1.82) is 0 Å². The van der Waals surface area contributed by atoms with Crippen molar-refractivity contribution in [3.05, 3.63) is 70.4 Å². The molecule has 4 aromatic rings. The average Bonchev–Trinajstić information content (AvgIpc) is 3.81. The molecule has 0 bridgehead atoms. The highest BCUT2D eigenvalue weighted by Crippen LogP contribution is 2.35. The Morgan fingerprint density at radius 3 is 2.43 bits per heavy atom. The van der Waals surface area contributed by atoms with Gasteiger partial charge in [0.25, 0.3) is 17.7 Å². The monoisotopic (exact) mass is 711 g/mol. The second kappa shape index (κ2) is 14.4. The molecule has 5 heterocycles. The van der Waals surface area contributed by atoms with Gasteiger partial charge in [0, 0.05) is 31.3 Å². The van der Waals surface area contributed by atoms with Crippen LogP contribution in [0, 0.1) is 0 Å². The van der Waals surface area contributed by atoms with Crippen molar-refractivity contribution in [2.45, 2.75) is 62.8 Å². The number of nitrogens with zero attached hydrogens (tertiary/aromatic N) is 4. The Kier molecular flexibility index (Phi) is 10.0. The first-order chi connectivity index (χ1) is 23.5. The van der Waals surface area contributed by atoms with Crippen molar-refractivity contribution in [2.24, 2.45) is 0 Å². The van der Waals surface area contributed by atoms with E-state index >= 15 is 0 Å². The first kappa shape index (κ1) is 34.1. The number of rotatable bonds is 14. The fourth-order valence-corrected chi connectivity index (χ4v) is 6.72. The van der Waals surface area contributed by atoms with Crippen LogP contribution in [-0.4, -0.2) is 68.2 Å². The van der Waals surface area contributed by atoms with Crippen LogP contribution in [0.25, 0.3) is 16.2 Å². The molecule has 2 aliphatic heterocycles. The summed E-state index contributed by atoms with van der Waals surface area (Å²) in [6.07, 6.45) is 5.57. The van der Waals surface area contributed by atoms with Crippen molar-refractivity contribution < 1.29 is 32.8 Å². The molecule has 0 radical (unpaired) electrons. The number of halogens is 3. The van der Waals surface area contributed by atoms with Gasteiger partial charge in [-0.05, 0) is 66.6 Å². The minimum atomic E-state index is -3.71. The van der Waals surface area contributed by atoms with Gasteiger partial charge in [0.2, 0.25) is 11.8 Å². The number of fused-ring (bicyclic) bond motifs is 2. The van der Waals surface area contributed by atoms with Gasteiger partial charge in [0.15, 0.2) is 11.3 Å². The SMILES string of the molecule is O=C1CCC(N2C(=O)c3ccc(NCCCCCCCCNC(=O)c4cc5nc(-c6cccs6)cc(C(F)(F)Cl)n5n4)cc3C2=O)C(=O)N1. The molecule has 5 amide bonds. The molecular formula is C33H32ClF2N7O5S. The minimum absolute atomic E-state index is 0.0310. The molecule has 0 aliphatic carbocycles. The van der Waals surface area contributed by atoms with E-state index in [1.54, 1.807) is 30.3 Å². The number of benzene rings is 1. The van der Waals surface area contributed by atoms with Gasteiger partial charge in [-0.1, -0.05) is 31.7 Å². The van der Waals surface area contributed by atoms with Crippen molar-refractivity contribution in [2.75, 3.05) is 18.4 Å². The number of aromatic nitrogens is 3. The molecule has 1 saturated heterocycles. The Morgan fingerprint density at radius 1 is 0.980 bits per heavy atom. The summed E-state index contributed by atoms with van der Waals surface area (Å²) in [7, 11) is 0. The number of alkyl halides is 3. The molecule has 0 saturated carbocycles. The molecule has 2 aliphatic rings. The van der Waals surface area contributed by atoms with E-state index in [2.05, 4.69) is 26.0 Å². The Morgan fingerprint density at radius 2 is 1.71 bits per heavy atom. The van der Waals surface area contributed by atoms with Gasteiger partial charge in [0.1, 0.15) is 11.7 Å². The summed E-state index contributed by atoms with van der Waals surface area (Å²) in [6.45, 7) is 1.06. The lowest BCUT2D eigenvalue weighted by atomic mass is 10.0. The molecule has 0 spiro atoms. The predicted octanol–water partition coefficient (Wildman–Crippen LogP) is 5.33. The van der Waals surface area contributed by atoms with Crippen molar-refractivity contribution >= 4 is 63.8 Å². The number of hydrogen-bond donors (Lipinski definition) is 3. The average molecular weight is 712 g/mol. The van der Waals surface area contributed by atoms with Gasteiger partial charge in [0.05, 0.1) is 21.7 Å². The number of piperidine rings is 1. The van der Waals surface area contributed by atoms with Crippen molar-refractivity contribution in [1.82, 2.24) is 30.1 Å². The van der Waals surface area contributed by atoms with Gasteiger partial charge in [-0.15, -0.1) is 11.3 Å². The molecule has 49 heavy (non-hydrogen) atoms. The number of anilines is 1. The largest absolute Gasteiger partial charge is 0.385 e. The van der Waals surface area contributed by atoms with Gasteiger partial charge in [-0.3, -0.25) is 34.2 Å². The maximum Gasteiger partial charge on any atom is 0.364 e. The third kappa shape index (κ3) is 7.47. The zero-order valence-corrected chi connectivity index (χ0v) is 27.7. The molecule has 12 nitrogen and oxygen atoms in total. The smallest absolute Gasteiger partial charge is 0.364 e. The second-order valence-corrected chi connectivity index (χ2v) is 13.2. The highest BCUT2D eigenvalue weighted by Gasteiger charge is 2.44. The summed E-state index contributed by atoms with van der Waals surface area (Å²) < 4.78 is 29.3. The van der Waals surface area contributed by atoms with E-state index in [9.17, 15) is 32.8 Å². The normalized spacial score (nSPS) is 16.3. The van der Waals surface area contributed by atoms with E-state index in [1.165, 1.54) is 23.5 Å². The van der Waals surface area contributed by atoms with Crippen molar-refractivity contribution in [3.63, 3.8) is 0 Å². The zero-order chi connectivity index (χ0) is 34.7. The maximum absolute atomic E-state index is 14.2. The molecule has 1 fully saturated rings. The minimum Gasteiger partial charge on any atom is -0.385 e. The Bertz CT molecular complexity index is 1930. The molecular weight excluding hydrogens is 680 g/mol. The second-order valence-electron chi connectivity index (χ2n) is 11.8. The van der Waals surface area contributed by atoms with Crippen LogP contribution in [0.2, 0.25) is 0 Å². The van der Waals surface area contributed by atoms with E-state index in [1.807, 2.05) is 5.38 Å². The fraction of sp³-hybridized carbons (Fsp3) is 0.364. The molecule has 1 atom stereocenters. The van der Waals surface area contributed by atoms with Crippen molar-refractivity contribution in [3.8, 4) is 10.6 Å². The summed E-state index contributed by atoms with van der Waals surface area (Å²) in [5.74, 6) is -2.63. The van der Waals surface area contributed by atoms with E-state index < -0.39 is 46.7 Å². The third-order valence-electron chi connectivity index (χ3n) is 8.38. The highest BCUT2D eigenvalue weighted by atomic mass is 35.5. The van der Waals surface area contributed by atoms with Crippen LogP contribution in [-0.2, 0) is 15.0 Å². The lowest BCUT2D eigenvalue weighted by molar-refractivity contribution is -0.136. The molecule has 16 heteroatoms. The Labute approximate surface area is 288 Å². The zero-order valence-electron chi connectivity index (χ0n) is 26.1. The van der Waals surface area contributed by atoms with E-state index in [-0.39, 0.29) is 35.3 Å². The number of imide groups is 2. The maximum atomic E-state index is 14.2. The number of carbonyl (C=O) groups is 5.